The fourth-order valence-electron chi connectivity index (χ4n) is 1.70. The fourth-order valence-corrected chi connectivity index (χ4v) is 1.70. The maximum atomic E-state index is 12.4. The first-order valence-corrected chi connectivity index (χ1v) is 5.76. The molecule has 0 fully saturated rings. The van der Waals surface area contributed by atoms with E-state index in [2.05, 4.69) is 10.1 Å². The van der Waals surface area contributed by atoms with Gasteiger partial charge >= 0.3 is 6.18 Å². The van der Waals surface area contributed by atoms with E-state index < -0.39 is 11.7 Å². The number of halogens is 3. The van der Waals surface area contributed by atoms with Gasteiger partial charge in [0.25, 0.3) is 5.56 Å². The molecule has 0 saturated heterocycles. The third kappa shape index (κ3) is 2.86. The van der Waals surface area contributed by atoms with Crippen LogP contribution in [0, 0.1) is 0 Å². The molecule has 0 spiro atoms. The zero-order chi connectivity index (χ0) is 14.0. The molecule has 0 bridgehead atoms. The largest absolute Gasteiger partial charge is 0.417 e. The molecule has 0 aromatic carbocycles. The fraction of sp³-hybridized carbons (Fsp3) is 0.333. The quantitative estimate of drug-likeness (QED) is 0.932. The number of alkyl halides is 3. The van der Waals surface area contributed by atoms with Crippen LogP contribution in [0.1, 0.15) is 24.6 Å². The van der Waals surface area contributed by atoms with Crippen LogP contribution in [0.15, 0.2) is 29.2 Å². The normalized spacial score (nSPS) is 11.8. The van der Waals surface area contributed by atoms with Crippen LogP contribution in [-0.4, -0.2) is 14.8 Å². The molecule has 4 nitrogen and oxygen atoms in total. The van der Waals surface area contributed by atoms with Crippen LogP contribution in [0.25, 0.3) is 5.82 Å². The first-order valence-electron chi connectivity index (χ1n) is 5.76. The average molecular weight is 271 g/mol. The number of hydrogen-bond donors (Lipinski definition) is 1. The third-order valence-electron chi connectivity index (χ3n) is 2.60. The van der Waals surface area contributed by atoms with Crippen molar-refractivity contribution in [1.29, 1.82) is 0 Å². The van der Waals surface area contributed by atoms with Gasteiger partial charge in [0, 0.05) is 18.0 Å². The van der Waals surface area contributed by atoms with Gasteiger partial charge in [-0.15, -0.1) is 0 Å². The second-order valence-corrected chi connectivity index (χ2v) is 4.11. The molecule has 2 aromatic heterocycles. The molecule has 0 aliphatic rings. The summed E-state index contributed by atoms with van der Waals surface area (Å²) in [6.45, 7) is 1.96. The zero-order valence-electron chi connectivity index (χ0n) is 10.2. The third-order valence-corrected chi connectivity index (χ3v) is 2.60. The maximum absolute atomic E-state index is 12.4. The van der Waals surface area contributed by atoms with Crippen molar-refractivity contribution in [2.75, 3.05) is 0 Å². The molecule has 0 radical (unpaired) electrons. The lowest BCUT2D eigenvalue weighted by Crippen LogP contribution is -2.15. The van der Waals surface area contributed by atoms with Gasteiger partial charge in [-0.25, -0.2) is 9.67 Å². The first kappa shape index (κ1) is 13.4. The van der Waals surface area contributed by atoms with Gasteiger partial charge in [0.05, 0.1) is 5.56 Å². The number of hydrogen-bond acceptors (Lipinski definition) is 2. The Morgan fingerprint density at radius 2 is 2.11 bits per heavy atom. The molecule has 0 amide bonds. The maximum Gasteiger partial charge on any atom is 0.417 e. The Kier molecular flexibility index (Phi) is 3.46. The van der Waals surface area contributed by atoms with Crippen LogP contribution in [0.2, 0.25) is 0 Å². The molecule has 0 unspecified atom stereocenters. The summed E-state index contributed by atoms with van der Waals surface area (Å²) in [6, 6.07) is 3.48. The summed E-state index contributed by atoms with van der Waals surface area (Å²) in [5, 5.41) is 2.82. The molecule has 2 aromatic rings. The van der Waals surface area contributed by atoms with Gasteiger partial charge in [-0.05, 0) is 18.6 Å². The van der Waals surface area contributed by atoms with E-state index in [4.69, 9.17) is 0 Å². The molecule has 7 heteroatoms. The second kappa shape index (κ2) is 4.91. The Bertz CT molecular complexity index is 610. The van der Waals surface area contributed by atoms with Crippen LogP contribution in [0.3, 0.4) is 0 Å². The minimum absolute atomic E-state index is 0.139. The molecule has 0 aliphatic heterocycles. The van der Waals surface area contributed by atoms with Gasteiger partial charge in [-0.3, -0.25) is 9.89 Å². The van der Waals surface area contributed by atoms with Gasteiger partial charge in [0.15, 0.2) is 5.82 Å². The van der Waals surface area contributed by atoms with Crippen molar-refractivity contribution in [3.63, 3.8) is 0 Å². The molecule has 2 heterocycles. The Hall–Kier alpha value is -2.05. The second-order valence-electron chi connectivity index (χ2n) is 4.11. The lowest BCUT2D eigenvalue weighted by Gasteiger charge is -2.06. The predicted octanol–water partition coefficient (Wildman–Crippen LogP) is 2.53. The van der Waals surface area contributed by atoms with Crippen molar-refractivity contribution in [2.45, 2.75) is 25.9 Å². The lowest BCUT2D eigenvalue weighted by atomic mass is 10.3. The summed E-state index contributed by atoms with van der Waals surface area (Å²) in [6.07, 6.45) is -2.16. The van der Waals surface area contributed by atoms with E-state index in [-0.39, 0.29) is 11.4 Å². The topological polar surface area (TPSA) is 50.7 Å². The van der Waals surface area contributed by atoms with E-state index in [1.54, 1.807) is 0 Å². The molecule has 0 aliphatic carbocycles. The SMILES string of the molecule is CCCc1cc(=O)n(-c2ccc(C(F)(F)F)cn2)[nH]1. The van der Waals surface area contributed by atoms with Crippen LogP contribution in [-0.2, 0) is 12.6 Å². The monoisotopic (exact) mass is 271 g/mol. The van der Waals surface area contributed by atoms with Crippen molar-refractivity contribution in [3.8, 4) is 5.82 Å². The Morgan fingerprint density at radius 3 is 2.63 bits per heavy atom. The van der Waals surface area contributed by atoms with E-state index >= 15 is 0 Å². The minimum Gasteiger partial charge on any atom is -0.294 e. The number of aryl methyl sites for hydroxylation is 1. The van der Waals surface area contributed by atoms with Crippen LogP contribution in [0.4, 0.5) is 13.2 Å². The van der Waals surface area contributed by atoms with E-state index in [9.17, 15) is 18.0 Å². The Morgan fingerprint density at radius 1 is 1.37 bits per heavy atom. The smallest absolute Gasteiger partial charge is 0.294 e. The highest BCUT2D eigenvalue weighted by Gasteiger charge is 2.30. The van der Waals surface area contributed by atoms with Crippen molar-refractivity contribution in [1.82, 2.24) is 14.8 Å². The molecule has 2 rings (SSSR count). The number of rotatable bonds is 3. The molecule has 0 atom stereocenters. The molecule has 102 valence electrons. The number of nitrogens with one attached hydrogen (secondary N) is 1. The minimum atomic E-state index is -4.43. The molecular formula is C12H12F3N3O. The van der Waals surface area contributed by atoms with Crippen LogP contribution >= 0.6 is 0 Å². The Balaban J connectivity index is 2.35. The van der Waals surface area contributed by atoms with Gasteiger partial charge in [0.1, 0.15) is 0 Å². The van der Waals surface area contributed by atoms with Gasteiger partial charge < -0.3 is 0 Å². The number of aromatic amines is 1. The lowest BCUT2D eigenvalue weighted by molar-refractivity contribution is -0.137. The highest BCUT2D eigenvalue weighted by atomic mass is 19.4. The molecule has 0 saturated carbocycles. The summed E-state index contributed by atoms with van der Waals surface area (Å²) in [4.78, 5) is 15.3. The highest BCUT2D eigenvalue weighted by Crippen LogP contribution is 2.28. The number of pyridine rings is 1. The number of aromatic nitrogens is 3. The van der Waals surface area contributed by atoms with Gasteiger partial charge in [-0.1, -0.05) is 13.3 Å². The molecule has 1 N–H and O–H groups in total. The van der Waals surface area contributed by atoms with E-state index in [0.717, 1.165) is 28.9 Å². The van der Waals surface area contributed by atoms with E-state index in [1.165, 1.54) is 6.07 Å². The van der Waals surface area contributed by atoms with Crippen LogP contribution < -0.4 is 5.56 Å². The van der Waals surface area contributed by atoms with Crippen LogP contribution in [0.5, 0.6) is 0 Å². The summed E-state index contributed by atoms with van der Waals surface area (Å²) >= 11 is 0. The summed E-state index contributed by atoms with van der Waals surface area (Å²) in [5.74, 6) is 0.139. The van der Waals surface area contributed by atoms with Crippen molar-refractivity contribution < 1.29 is 13.2 Å². The van der Waals surface area contributed by atoms with Crippen molar-refractivity contribution in [3.05, 3.63) is 46.0 Å². The molecule has 19 heavy (non-hydrogen) atoms. The molecular weight excluding hydrogens is 259 g/mol. The predicted molar refractivity (Wildman–Crippen MR) is 63.2 cm³/mol. The highest BCUT2D eigenvalue weighted by molar-refractivity contribution is 5.26. The van der Waals surface area contributed by atoms with E-state index in [0.29, 0.717) is 12.6 Å². The Labute approximate surface area is 106 Å². The number of nitrogens with zero attached hydrogens (tertiary/aromatic N) is 2. The summed E-state index contributed by atoms with van der Waals surface area (Å²) in [5.41, 5.74) is -0.449. The van der Waals surface area contributed by atoms with Gasteiger partial charge in [0.2, 0.25) is 0 Å². The van der Waals surface area contributed by atoms with Crippen molar-refractivity contribution in [2.24, 2.45) is 0 Å². The standard InChI is InChI=1S/C12H12F3N3O/c1-2-3-9-6-11(19)18(17-9)10-5-4-8(7-16-10)12(13,14)15/h4-7,17H,2-3H2,1H3. The number of H-pyrrole nitrogens is 1. The average Bonchev–Trinajstić information content (AvgIpc) is 2.70. The van der Waals surface area contributed by atoms with Crippen molar-refractivity contribution >= 4 is 0 Å². The summed E-state index contributed by atoms with van der Waals surface area (Å²) in [7, 11) is 0. The van der Waals surface area contributed by atoms with Gasteiger partial charge in [-0.2, -0.15) is 13.2 Å². The summed E-state index contributed by atoms with van der Waals surface area (Å²) < 4.78 is 38.3. The first-order chi connectivity index (χ1) is 8.91. The van der Waals surface area contributed by atoms with E-state index in [1.807, 2.05) is 6.92 Å². The zero-order valence-corrected chi connectivity index (χ0v) is 10.2.